The average molecular weight is 346 g/mol. The van der Waals surface area contributed by atoms with E-state index in [-0.39, 0.29) is 11.8 Å². The number of carbonyl (C=O) groups is 2. The molecule has 1 spiro atoms. The normalized spacial score (nSPS) is 22.9. The Balaban J connectivity index is 1.64. The molecule has 6 nitrogen and oxygen atoms in total. The molecule has 2 heterocycles. The van der Waals surface area contributed by atoms with Gasteiger partial charge in [0.15, 0.2) is 0 Å². The number of benzene rings is 1. The predicted octanol–water partition coefficient (Wildman–Crippen LogP) is 1.80. The van der Waals surface area contributed by atoms with Crippen LogP contribution in [0.5, 0.6) is 5.75 Å². The molecule has 3 rings (SSSR count). The Bertz CT molecular complexity index is 631. The van der Waals surface area contributed by atoms with Gasteiger partial charge in [-0.25, -0.2) is 0 Å². The molecule has 2 fully saturated rings. The largest absolute Gasteiger partial charge is 0.494 e. The third-order valence-electron chi connectivity index (χ3n) is 5.22. The van der Waals surface area contributed by atoms with E-state index in [9.17, 15) is 9.59 Å². The molecule has 2 aliphatic rings. The zero-order valence-electron chi connectivity index (χ0n) is 15.0. The first-order valence-corrected chi connectivity index (χ1v) is 8.90. The van der Waals surface area contributed by atoms with Crippen LogP contribution in [0.4, 0.5) is 0 Å². The number of carbonyl (C=O) groups excluding carboxylic acids is 2. The lowest BCUT2D eigenvalue weighted by Crippen LogP contribution is -2.39. The van der Waals surface area contributed by atoms with E-state index in [2.05, 4.69) is 0 Å². The van der Waals surface area contributed by atoms with Crippen LogP contribution < -0.4 is 4.74 Å². The lowest BCUT2D eigenvalue weighted by Gasteiger charge is -2.23. The Hall–Kier alpha value is -2.08. The minimum atomic E-state index is -0.394. The standard InChI is InChI=1S/C19H26N2O4/c1-3-25-16-6-4-15(5-7-16)17(22)21-11-9-19(14-21)8-10-20(18(19)23)12-13-24-2/h4-7H,3,8-14H2,1-2H3. The van der Waals surface area contributed by atoms with Crippen LogP contribution in [0.15, 0.2) is 24.3 Å². The molecule has 0 saturated carbocycles. The van der Waals surface area contributed by atoms with Crippen molar-refractivity contribution in [3.63, 3.8) is 0 Å². The number of ether oxygens (including phenoxy) is 2. The van der Waals surface area contributed by atoms with Crippen molar-refractivity contribution in [3.05, 3.63) is 29.8 Å². The van der Waals surface area contributed by atoms with Crippen LogP contribution in [0.3, 0.4) is 0 Å². The second-order valence-electron chi connectivity index (χ2n) is 6.75. The van der Waals surface area contributed by atoms with Crippen LogP contribution in [0, 0.1) is 5.41 Å². The van der Waals surface area contributed by atoms with Gasteiger partial charge >= 0.3 is 0 Å². The van der Waals surface area contributed by atoms with Gasteiger partial charge in [0, 0.05) is 38.9 Å². The van der Waals surface area contributed by atoms with Crippen molar-refractivity contribution in [2.45, 2.75) is 19.8 Å². The van der Waals surface area contributed by atoms with E-state index in [4.69, 9.17) is 9.47 Å². The molecular formula is C19H26N2O4. The zero-order valence-corrected chi connectivity index (χ0v) is 15.0. The zero-order chi connectivity index (χ0) is 17.9. The Morgan fingerprint density at radius 2 is 1.92 bits per heavy atom. The number of rotatable bonds is 6. The highest BCUT2D eigenvalue weighted by atomic mass is 16.5. The van der Waals surface area contributed by atoms with E-state index in [1.807, 2.05) is 28.9 Å². The minimum absolute atomic E-state index is 0.0111. The summed E-state index contributed by atoms with van der Waals surface area (Å²) in [5.41, 5.74) is 0.247. The number of likely N-dealkylation sites (tertiary alicyclic amines) is 2. The second kappa shape index (κ2) is 7.44. The van der Waals surface area contributed by atoms with Gasteiger partial charge in [-0.05, 0) is 44.0 Å². The molecule has 0 radical (unpaired) electrons. The molecule has 1 aromatic rings. The summed E-state index contributed by atoms with van der Waals surface area (Å²) in [6.07, 6.45) is 1.57. The summed E-state index contributed by atoms with van der Waals surface area (Å²) < 4.78 is 10.5. The Morgan fingerprint density at radius 3 is 2.60 bits per heavy atom. The average Bonchev–Trinajstić information content (AvgIpc) is 3.19. The van der Waals surface area contributed by atoms with Crippen molar-refractivity contribution in [1.82, 2.24) is 9.80 Å². The predicted molar refractivity (Wildman–Crippen MR) is 93.6 cm³/mol. The van der Waals surface area contributed by atoms with Crippen molar-refractivity contribution in [1.29, 1.82) is 0 Å². The van der Waals surface area contributed by atoms with E-state index in [1.54, 1.807) is 19.2 Å². The molecule has 25 heavy (non-hydrogen) atoms. The quantitative estimate of drug-likeness (QED) is 0.788. The van der Waals surface area contributed by atoms with E-state index in [1.165, 1.54) is 0 Å². The molecule has 0 N–H and O–H groups in total. The van der Waals surface area contributed by atoms with Crippen molar-refractivity contribution in [3.8, 4) is 5.75 Å². The molecule has 2 amide bonds. The maximum atomic E-state index is 12.8. The van der Waals surface area contributed by atoms with Crippen molar-refractivity contribution < 1.29 is 19.1 Å². The monoisotopic (exact) mass is 346 g/mol. The number of methoxy groups -OCH3 is 1. The van der Waals surface area contributed by atoms with Gasteiger partial charge in [-0.15, -0.1) is 0 Å². The first-order valence-electron chi connectivity index (χ1n) is 8.90. The third kappa shape index (κ3) is 3.49. The topological polar surface area (TPSA) is 59.1 Å². The van der Waals surface area contributed by atoms with Crippen LogP contribution in [-0.2, 0) is 9.53 Å². The summed E-state index contributed by atoms with van der Waals surface area (Å²) in [6, 6.07) is 7.21. The van der Waals surface area contributed by atoms with Gasteiger partial charge in [-0.2, -0.15) is 0 Å². The van der Waals surface area contributed by atoms with Gasteiger partial charge in [-0.3, -0.25) is 9.59 Å². The number of hydrogen-bond acceptors (Lipinski definition) is 4. The Kier molecular flexibility index (Phi) is 5.27. The van der Waals surface area contributed by atoms with E-state index < -0.39 is 5.41 Å². The highest BCUT2D eigenvalue weighted by Crippen LogP contribution is 2.41. The van der Waals surface area contributed by atoms with Crippen LogP contribution >= 0.6 is 0 Å². The van der Waals surface area contributed by atoms with Gasteiger partial charge in [0.25, 0.3) is 5.91 Å². The summed E-state index contributed by atoms with van der Waals surface area (Å²) in [4.78, 5) is 29.2. The highest BCUT2D eigenvalue weighted by molar-refractivity contribution is 5.95. The number of hydrogen-bond donors (Lipinski definition) is 0. The summed E-state index contributed by atoms with van der Waals surface area (Å²) in [5.74, 6) is 0.923. The fraction of sp³-hybridized carbons (Fsp3) is 0.579. The van der Waals surface area contributed by atoms with Gasteiger partial charge in [0.1, 0.15) is 5.75 Å². The number of nitrogens with zero attached hydrogens (tertiary/aromatic N) is 2. The summed E-state index contributed by atoms with van der Waals surface area (Å²) in [6.45, 7) is 5.62. The molecule has 6 heteroatoms. The van der Waals surface area contributed by atoms with E-state index in [0.717, 1.165) is 25.1 Å². The first kappa shape index (κ1) is 17.7. The van der Waals surface area contributed by atoms with Crippen LogP contribution in [0.25, 0.3) is 0 Å². The van der Waals surface area contributed by atoms with Gasteiger partial charge in [-0.1, -0.05) is 0 Å². The fourth-order valence-corrected chi connectivity index (χ4v) is 3.78. The molecule has 2 saturated heterocycles. The molecule has 2 aliphatic heterocycles. The van der Waals surface area contributed by atoms with Crippen LogP contribution in [-0.4, -0.2) is 68.1 Å². The second-order valence-corrected chi connectivity index (χ2v) is 6.75. The molecule has 1 aromatic carbocycles. The molecule has 0 aliphatic carbocycles. The Labute approximate surface area is 148 Å². The van der Waals surface area contributed by atoms with Crippen molar-refractivity contribution >= 4 is 11.8 Å². The van der Waals surface area contributed by atoms with Crippen molar-refractivity contribution in [2.24, 2.45) is 5.41 Å². The SMILES string of the molecule is CCOc1ccc(C(=O)N2CCC3(CCN(CCOC)C3=O)C2)cc1. The molecule has 1 atom stereocenters. The van der Waals surface area contributed by atoms with Crippen molar-refractivity contribution in [2.75, 3.05) is 46.5 Å². The summed E-state index contributed by atoms with van der Waals surface area (Å²) in [7, 11) is 1.64. The summed E-state index contributed by atoms with van der Waals surface area (Å²) >= 11 is 0. The van der Waals surface area contributed by atoms with E-state index in [0.29, 0.717) is 38.4 Å². The van der Waals surface area contributed by atoms with E-state index >= 15 is 0 Å². The summed E-state index contributed by atoms with van der Waals surface area (Å²) in [5, 5.41) is 0. The van der Waals surface area contributed by atoms with Gasteiger partial charge in [0.05, 0.1) is 18.6 Å². The lowest BCUT2D eigenvalue weighted by atomic mass is 9.85. The minimum Gasteiger partial charge on any atom is -0.494 e. The van der Waals surface area contributed by atoms with Crippen LogP contribution in [0.2, 0.25) is 0 Å². The molecule has 0 aromatic heterocycles. The van der Waals surface area contributed by atoms with Crippen LogP contribution in [0.1, 0.15) is 30.1 Å². The fourth-order valence-electron chi connectivity index (χ4n) is 3.78. The highest BCUT2D eigenvalue weighted by Gasteiger charge is 2.51. The Morgan fingerprint density at radius 1 is 1.20 bits per heavy atom. The van der Waals surface area contributed by atoms with Gasteiger partial charge in [0.2, 0.25) is 5.91 Å². The first-order chi connectivity index (χ1) is 12.1. The molecular weight excluding hydrogens is 320 g/mol. The maximum Gasteiger partial charge on any atom is 0.253 e. The third-order valence-corrected chi connectivity index (χ3v) is 5.22. The van der Waals surface area contributed by atoms with Gasteiger partial charge < -0.3 is 19.3 Å². The molecule has 0 bridgehead atoms. The number of amides is 2. The smallest absolute Gasteiger partial charge is 0.253 e. The molecule has 1 unspecified atom stereocenters. The maximum absolute atomic E-state index is 12.8. The molecule has 136 valence electrons. The lowest BCUT2D eigenvalue weighted by molar-refractivity contribution is -0.135.